The number of rotatable bonds is 2. The first-order valence-electron chi connectivity index (χ1n) is 7.23. The standard InChI is InChI=1S/C17H13Cl2FN2O2/c1-9(23)22-5-4-10-6-11(2-3-16(10)22)21-17(24)12-7-15(20)14(19)8-13(12)18/h2-3,6-8H,4-5H2,1H3,(H,21,24). The number of fused-ring (bicyclic) bond motifs is 1. The van der Waals surface area contributed by atoms with E-state index in [1.165, 1.54) is 13.0 Å². The Morgan fingerprint density at radius 2 is 1.92 bits per heavy atom. The summed E-state index contributed by atoms with van der Waals surface area (Å²) in [7, 11) is 0. The van der Waals surface area contributed by atoms with Crippen molar-refractivity contribution in [3.05, 3.63) is 57.3 Å². The first-order valence-corrected chi connectivity index (χ1v) is 7.99. The molecular formula is C17H13Cl2FN2O2. The van der Waals surface area contributed by atoms with E-state index in [1.807, 2.05) is 0 Å². The first kappa shape index (κ1) is 16.7. The lowest BCUT2D eigenvalue weighted by Gasteiger charge is -2.15. The number of carbonyl (C=O) groups excluding carboxylic acids is 2. The summed E-state index contributed by atoms with van der Waals surface area (Å²) in [6.45, 7) is 2.14. The third-order valence-electron chi connectivity index (χ3n) is 3.87. The number of nitrogens with zero attached hydrogens (tertiary/aromatic N) is 1. The van der Waals surface area contributed by atoms with Gasteiger partial charge in [-0.3, -0.25) is 9.59 Å². The number of nitrogens with one attached hydrogen (secondary N) is 1. The molecule has 0 bridgehead atoms. The summed E-state index contributed by atoms with van der Waals surface area (Å²) in [6, 6.07) is 7.48. The van der Waals surface area contributed by atoms with Gasteiger partial charge in [-0.25, -0.2) is 4.39 Å². The number of anilines is 2. The molecule has 124 valence electrons. The Morgan fingerprint density at radius 3 is 2.62 bits per heavy atom. The van der Waals surface area contributed by atoms with Crippen LogP contribution >= 0.6 is 23.2 Å². The highest BCUT2D eigenvalue weighted by atomic mass is 35.5. The van der Waals surface area contributed by atoms with Gasteiger partial charge >= 0.3 is 0 Å². The summed E-state index contributed by atoms with van der Waals surface area (Å²) < 4.78 is 13.5. The minimum absolute atomic E-state index is 0.00410. The van der Waals surface area contributed by atoms with Gasteiger partial charge in [-0.05, 0) is 42.3 Å². The van der Waals surface area contributed by atoms with E-state index >= 15 is 0 Å². The molecule has 1 aliphatic heterocycles. The van der Waals surface area contributed by atoms with Crippen LogP contribution in [0.5, 0.6) is 0 Å². The van der Waals surface area contributed by atoms with Gasteiger partial charge in [0.2, 0.25) is 5.91 Å². The maximum Gasteiger partial charge on any atom is 0.257 e. The zero-order chi connectivity index (χ0) is 17.4. The molecule has 1 heterocycles. The zero-order valence-electron chi connectivity index (χ0n) is 12.7. The van der Waals surface area contributed by atoms with Crippen molar-refractivity contribution < 1.29 is 14.0 Å². The molecule has 2 aromatic carbocycles. The van der Waals surface area contributed by atoms with Crippen LogP contribution in [0.4, 0.5) is 15.8 Å². The summed E-state index contributed by atoms with van der Waals surface area (Å²) in [6.07, 6.45) is 0.717. The molecule has 0 radical (unpaired) electrons. The molecule has 0 fully saturated rings. The number of halogens is 3. The van der Waals surface area contributed by atoms with Gasteiger partial charge < -0.3 is 10.2 Å². The van der Waals surface area contributed by atoms with Crippen molar-refractivity contribution in [3.63, 3.8) is 0 Å². The van der Waals surface area contributed by atoms with Crippen molar-refractivity contribution >= 4 is 46.4 Å². The van der Waals surface area contributed by atoms with Crippen LogP contribution in [-0.4, -0.2) is 18.4 Å². The number of hydrogen-bond acceptors (Lipinski definition) is 2. The van der Waals surface area contributed by atoms with Gasteiger partial charge in [0, 0.05) is 24.8 Å². The molecule has 0 spiro atoms. The number of hydrogen-bond donors (Lipinski definition) is 1. The summed E-state index contributed by atoms with van der Waals surface area (Å²) in [5.74, 6) is -1.26. The number of benzene rings is 2. The molecule has 7 heteroatoms. The van der Waals surface area contributed by atoms with Crippen molar-refractivity contribution in [1.82, 2.24) is 0 Å². The number of carbonyl (C=O) groups is 2. The fraction of sp³-hybridized carbons (Fsp3) is 0.176. The van der Waals surface area contributed by atoms with Crippen LogP contribution < -0.4 is 10.2 Å². The van der Waals surface area contributed by atoms with E-state index in [-0.39, 0.29) is 21.5 Å². The lowest BCUT2D eigenvalue weighted by molar-refractivity contribution is -0.116. The molecule has 1 N–H and O–H groups in total. The monoisotopic (exact) mass is 366 g/mol. The maximum absolute atomic E-state index is 13.5. The van der Waals surface area contributed by atoms with Crippen LogP contribution in [-0.2, 0) is 11.2 Å². The lowest BCUT2D eigenvalue weighted by atomic mass is 10.1. The molecule has 0 aromatic heterocycles. The second kappa shape index (κ2) is 6.42. The highest BCUT2D eigenvalue weighted by Gasteiger charge is 2.22. The number of amides is 2. The highest BCUT2D eigenvalue weighted by molar-refractivity contribution is 6.37. The third kappa shape index (κ3) is 3.09. The molecule has 0 saturated heterocycles. The van der Waals surface area contributed by atoms with Gasteiger partial charge in [0.1, 0.15) is 5.82 Å². The van der Waals surface area contributed by atoms with Gasteiger partial charge in [0.25, 0.3) is 5.91 Å². The molecule has 24 heavy (non-hydrogen) atoms. The normalized spacial score (nSPS) is 12.9. The van der Waals surface area contributed by atoms with Crippen LogP contribution in [0.2, 0.25) is 10.0 Å². The van der Waals surface area contributed by atoms with E-state index in [9.17, 15) is 14.0 Å². The summed E-state index contributed by atoms with van der Waals surface area (Å²) in [5, 5.41) is 2.61. The second-order valence-corrected chi connectivity index (χ2v) is 6.28. The molecule has 1 aliphatic rings. The van der Waals surface area contributed by atoms with Crippen LogP contribution in [0.3, 0.4) is 0 Å². The van der Waals surface area contributed by atoms with Crippen molar-refractivity contribution in [2.75, 3.05) is 16.8 Å². The smallest absolute Gasteiger partial charge is 0.257 e. The minimum atomic E-state index is -0.711. The minimum Gasteiger partial charge on any atom is -0.322 e. The van der Waals surface area contributed by atoms with Crippen LogP contribution in [0.1, 0.15) is 22.8 Å². The predicted molar refractivity (Wildman–Crippen MR) is 92.5 cm³/mol. The first-order chi connectivity index (χ1) is 11.4. The molecule has 0 aliphatic carbocycles. The van der Waals surface area contributed by atoms with Crippen molar-refractivity contribution in [2.24, 2.45) is 0 Å². The van der Waals surface area contributed by atoms with Crippen molar-refractivity contribution in [2.45, 2.75) is 13.3 Å². The van der Waals surface area contributed by atoms with E-state index in [2.05, 4.69) is 5.32 Å². The molecule has 2 aromatic rings. The lowest BCUT2D eigenvalue weighted by Crippen LogP contribution is -2.25. The Labute approximate surface area is 148 Å². The second-order valence-electron chi connectivity index (χ2n) is 5.46. The Hall–Kier alpha value is -2.11. The highest BCUT2D eigenvalue weighted by Crippen LogP contribution is 2.31. The quantitative estimate of drug-likeness (QED) is 0.805. The average Bonchev–Trinajstić information content (AvgIpc) is 2.94. The predicted octanol–water partition coefficient (Wildman–Crippen LogP) is 4.29. The van der Waals surface area contributed by atoms with Gasteiger partial charge in [0.05, 0.1) is 15.6 Å². The van der Waals surface area contributed by atoms with Gasteiger partial charge in [-0.15, -0.1) is 0 Å². The van der Waals surface area contributed by atoms with Gasteiger partial charge in [-0.1, -0.05) is 23.2 Å². The maximum atomic E-state index is 13.5. The van der Waals surface area contributed by atoms with Crippen molar-refractivity contribution in [1.29, 1.82) is 0 Å². The van der Waals surface area contributed by atoms with E-state index < -0.39 is 11.7 Å². The van der Waals surface area contributed by atoms with Crippen LogP contribution in [0.15, 0.2) is 30.3 Å². The fourth-order valence-corrected chi connectivity index (χ4v) is 3.17. The van der Waals surface area contributed by atoms with Gasteiger partial charge in [0.15, 0.2) is 0 Å². The Morgan fingerprint density at radius 1 is 1.17 bits per heavy atom. The molecule has 3 rings (SSSR count). The van der Waals surface area contributed by atoms with Crippen molar-refractivity contribution in [3.8, 4) is 0 Å². The topological polar surface area (TPSA) is 49.4 Å². The fourth-order valence-electron chi connectivity index (χ4n) is 2.70. The third-order valence-corrected chi connectivity index (χ3v) is 4.47. The largest absolute Gasteiger partial charge is 0.322 e. The molecular weight excluding hydrogens is 354 g/mol. The van der Waals surface area contributed by atoms with Crippen LogP contribution in [0, 0.1) is 5.82 Å². The van der Waals surface area contributed by atoms with Crippen LogP contribution in [0.25, 0.3) is 0 Å². The summed E-state index contributed by atoms with van der Waals surface area (Å²) in [4.78, 5) is 25.5. The van der Waals surface area contributed by atoms with E-state index in [4.69, 9.17) is 23.2 Å². The molecule has 0 unspecified atom stereocenters. The molecule has 0 atom stereocenters. The zero-order valence-corrected chi connectivity index (χ0v) is 14.2. The van der Waals surface area contributed by atoms with E-state index in [0.717, 1.165) is 23.7 Å². The van der Waals surface area contributed by atoms with Gasteiger partial charge in [-0.2, -0.15) is 0 Å². The molecule has 4 nitrogen and oxygen atoms in total. The summed E-state index contributed by atoms with van der Waals surface area (Å²) >= 11 is 11.6. The molecule has 2 amide bonds. The van der Waals surface area contributed by atoms with E-state index in [0.29, 0.717) is 12.2 Å². The Balaban J connectivity index is 1.84. The Bertz CT molecular complexity index is 855. The average molecular weight is 367 g/mol. The SMILES string of the molecule is CC(=O)N1CCc2cc(NC(=O)c3cc(F)c(Cl)cc3Cl)ccc21. The Kier molecular flexibility index (Phi) is 4.47. The molecule has 0 saturated carbocycles. The van der Waals surface area contributed by atoms with E-state index in [1.54, 1.807) is 23.1 Å². The summed E-state index contributed by atoms with van der Waals surface area (Å²) in [5.41, 5.74) is 2.37.